The number of imidazole rings is 1. The summed E-state index contributed by atoms with van der Waals surface area (Å²) in [6.07, 6.45) is 3.64. The van der Waals surface area contributed by atoms with Gasteiger partial charge in [0.05, 0.1) is 33.2 Å². The number of ether oxygens (including phenoxy) is 1. The molecule has 0 radical (unpaired) electrons. The Morgan fingerprint density at radius 2 is 2.00 bits per heavy atom. The van der Waals surface area contributed by atoms with Gasteiger partial charge >= 0.3 is 5.97 Å². The van der Waals surface area contributed by atoms with E-state index in [1.54, 1.807) is 12.5 Å². The maximum Gasteiger partial charge on any atom is 0.323 e. The van der Waals surface area contributed by atoms with Crippen molar-refractivity contribution in [2.75, 3.05) is 21.1 Å². The highest BCUT2D eigenvalue weighted by Gasteiger charge is 2.17. The summed E-state index contributed by atoms with van der Waals surface area (Å²) in [5, 5.41) is 0. The van der Waals surface area contributed by atoms with Gasteiger partial charge in [-0.15, -0.1) is 0 Å². The van der Waals surface area contributed by atoms with Crippen LogP contribution in [0, 0.1) is 0 Å². The fourth-order valence-electron chi connectivity index (χ4n) is 2.01. The zero-order valence-corrected chi connectivity index (χ0v) is 13.2. The minimum atomic E-state index is -0.700. The number of carbonyl (C=O) groups excluding carboxylic acids is 1. The van der Waals surface area contributed by atoms with Crippen LogP contribution in [-0.4, -0.2) is 43.1 Å². The molecule has 2 rings (SSSR count). The standard InChI is InChI=1S/C16H23N4O2/c1-20(2,3)14-6-4-12(5-7-14)10-22-16(21)15(17)8-13-9-18-11-19-13/h4-7,9,11,15H,8,10,17H2,1-3H3,(H,18,19)/q+1/t15-/m0/s1. The minimum absolute atomic E-state index is 0.227. The number of esters is 1. The Labute approximate surface area is 130 Å². The number of hydrogen-bond donors (Lipinski definition) is 2. The average molecular weight is 303 g/mol. The summed E-state index contributed by atoms with van der Waals surface area (Å²) in [5.74, 6) is -0.418. The van der Waals surface area contributed by atoms with Crippen molar-refractivity contribution in [3.63, 3.8) is 0 Å². The average Bonchev–Trinajstić information content (AvgIpc) is 2.97. The molecular formula is C16H23N4O2+. The van der Waals surface area contributed by atoms with E-state index in [9.17, 15) is 4.79 Å². The van der Waals surface area contributed by atoms with Gasteiger partial charge in [0, 0.05) is 12.6 Å². The lowest BCUT2D eigenvalue weighted by Crippen LogP contribution is -2.35. The molecule has 1 heterocycles. The molecule has 1 atom stereocenters. The second kappa shape index (κ2) is 6.72. The van der Waals surface area contributed by atoms with Gasteiger partial charge in [-0.1, -0.05) is 0 Å². The third-order valence-corrected chi connectivity index (χ3v) is 3.38. The number of quaternary nitrogens is 1. The summed E-state index contributed by atoms with van der Waals surface area (Å²) in [7, 11) is 6.30. The molecule has 3 N–H and O–H groups in total. The molecule has 0 aliphatic heterocycles. The van der Waals surface area contributed by atoms with E-state index in [-0.39, 0.29) is 6.61 Å². The van der Waals surface area contributed by atoms with Crippen LogP contribution in [0.2, 0.25) is 0 Å². The Morgan fingerprint density at radius 1 is 1.32 bits per heavy atom. The predicted octanol–water partition coefficient (Wildman–Crippen LogP) is 1.22. The predicted molar refractivity (Wildman–Crippen MR) is 86.1 cm³/mol. The first-order valence-corrected chi connectivity index (χ1v) is 7.17. The lowest BCUT2D eigenvalue weighted by Gasteiger charge is -2.23. The van der Waals surface area contributed by atoms with Crippen molar-refractivity contribution in [1.82, 2.24) is 14.5 Å². The second-order valence-electron chi connectivity index (χ2n) is 6.16. The molecule has 0 bridgehead atoms. The first-order valence-electron chi connectivity index (χ1n) is 7.17. The topological polar surface area (TPSA) is 81.0 Å². The maximum absolute atomic E-state index is 11.9. The fraction of sp³-hybridized carbons (Fsp3) is 0.375. The fourth-order valence-corrected chi connectivity index (χ4v) is 2.01. The van der Waals surface area contributed by atoms with E-state index in [2.05, 4.69) is 31.1 Å². The molecule has 118 valence electrons. The summed E-state index contributed by atoms with van der Waals surface area (Å²) in [4.78, 5) is 18.8. The highest BCUT2D eigenvalue weighted by Crippen LogP contribution is 2.17. The molecule has 1 aromatic heterocycles. The van der Waals surface area contributed by atoms with Crippen molar-refractivity contribution in [3.05, 3.63) is 48.0 Å². The van der Waals surface area contributed by atoms with Crippen molar-refractivity contribution >= 4 is 11.7 Å². The Kier molecular flexibility index (Phi) is 4.95. The Morgan fingerprint density at radius 3 is 2.55 bits per heavy atom. The van der Waals surface area contributed by atoms with Gasteiger partial charge < -0.3 is 15.5 Å². The van der Waals surface area contributed by atoms with Crippen LogP contribution in [0.4, 0.5) is 5.69 Å². The summed E-state index contributed by atoms with van der Waals surface area (Å²) >= 11 is 0. The molecule has 0 saturated heterocycles. The van der Waals surface area contributed by atoms with Crippen molar-refractivity contribution in [3.8, 4) is 0 Å². The van der Waals surface area contributed by atoms with E-state index in [4.69, 9.17) is 10.5 Å². The van der Waals surface area contributed by atoms with Crippen LogP contribution in [0.3, 0.4) is 0 Å². The van der Waals surface area contributed by atoms with Crippen LogP contribution in [0.15, 0.2) is 36.8 Å². The number of carbonyl (C=O) groups is 1. The molecule has 6 nitrogen and oxygen atoms in total. The van der Waals surface area contributed by atoms with Gasteiger partial charge in [0.1, 0.15) is 18.3 Å². The van der Waals surface area contributed by atoms with Gasteiger partial charge in [0.15, 0.2) is 0 Å². The number of H-pyrrole nitrogens is 1. The summed E-state index contributed by atoms with van der Waals surface area (Å²) in [6.45, 7) is 0.227. The zero-order chi connectivity index (χ0) is 16.2. The lowest BCUT2D eigenvalue weighted by molar-refractivity contribution is -0.146. The number of nitrogens with two attached hydrogens (primary N) is 1. The zero-order valence-electron chi connectivity index (χ0n) is 13.2. The molecule has 0 aliphatic carbocycles. The lowest BCUT2D eigenvalue weighted by atomic mass is 10.2. The van der Waals surface area contributed by atoms with Crippen LogP contribution in [0.5, 0.6) is 0 Å². The molecule has 0 unspecified atom stereocenters. The van der Waals surface area contributed by atoms with E-state index < -0.39 is 12.0 Å². The van der Waals surface area contributed by atoms with Crippen molar-refractivity contribution in [1.29, 1.82) is 0 Å². The van der Waals surface area contributed by atoms with Gasteiger partial charge in [-0.05, 0) is 29.8 Å². The molecule has 2 aromatic rings. The number of rotatable bonds is 6. The van der Waals surface area contributed by atoms with Crippen LogP contribution < -0.4 is 10.2 Å². The molecule has 0 fully saturated rings. The number of nitrogens with one attached hydrogen (secondary N) is 1. The van der Waals surface area contributed by atoms with E-state index in [0.717, 1.165) is 15.7 Å². The number of hydrogen-bond acceptors (Lipinski definition) is 4. The first kappa shape index (κ1) is 16.2. The van der Waals surface area contributed by atoms with Crippen LogP contribution in [0.25, 0.3) is 0 Å². The molecule has 0 saturated carbocycles. The molecule has 22 heavy (non-hydrogen) atoms. The van der Waals surface area contributed by atoms with E-state index in [1.165, 1.54) is 5.69 Å². The largest absolute Gasteiger partial charge is 0.460 e. The quantitative estimate of drug-likeness (QED) is 0.621. The van der Waals surface area contributed by atoms with Crippen molar-refractivity contribution in [2.24, 2.45) is 5.73 Å². The van der Waals surface area contributed by atoms with Gasteiger partial charge in [0.2, 0.25) is 0 Å². The summed E-state index contributed by atoms with van der Waals surface area (Å²) < 4.78 is 6.00. The highest BCUT2D eigenvalue weighted by molar-refractivity contribution is 5.75. The SMILES string of the molecule is C[N+](C)(C)c1ccc(COC(=O)[C@@H](N)Cc2c[nH]cn2)cc1. The van der Waals surface area contributed by atoms with Gasteiger partial charge in [0.25, 0.3) is 0 Å². The monoisotopic (exact) mass is 303 g/mol. The van der Waals surface area contributed by atoms with E-state index >= 15 is 0 Å². The normalized spacial score (nSPS) is 12.9. The molecule has 0 aliphatic rings. The summed E-state index contributed by atoms with van der Waals surface area (Å²) in [6, 6.07) is 7.30. The minimum Gasteiger partial charge on any atom is -0.460 e. The van der Waals surface area contributed by atoms with Crippen LogP contribution >= 0.6 is 0 Å². The van der Waals surface area contributed by atoms with Gasteiger partial charge in [-0.2, -0.15) is 0 Å². The van der Waals surface area contributed by atoms with Gasteiger partial charge in [-0.3, -0.25) is 9.28 Å². The molecule has 0 spiro atoms. The van der Waals surface area contributed by atoms with Crippen molar-refractivity contribution in [2.45, 2.75) is 19.1 Å². The molecule has 6 heteroatoms. The van der Waals surface area contributed by atoms with Crippen molar-refractivity contribution < 1.29 is 9.53 Å². The first-order chi connectivity index (χ1) is 10.4. The Bertz CT molecular complexity index is 600. The smallest absolute Gasteiger partial charge is 0.323 e. The third kappa shape index (κ3) is 4.41. The number of benzene rings is 1. The molecule has 0 amide bonds. The Balaban J connectivity index is 1.85. The van der Waals surface area contributed by atoms with Gasteiger partial charge in [-0.25, -0.2) is 4.98 Å². The van der Waals surface area contributed by atoms with Crippen LogP contribution in [0.1, 0.15) is 11.3 Å². The molecular weight excluding hydrogens is 280 g/mol. The Hall–Kier alpha value is -2.18. The maximum atomic E-state index is 11.9. The molecule has 1 aromatic carbocycles. The number of aromatic amines is 1. The van der Waals surface area contributed by atoms with E-state index in [0.29, 0.717) is 6.42 Å². The third-order valence-electron chi connectivity index (χ3n) is 3.38. The number of nitrogens with zero attached hydrogens (tertiary/aromatic N) is 2. The number of aromatic nitrogens is 2. The highest BCUT2D eigenvalue weighted by atomic mass is 16.5. The van der Waals surface area contributed by atoms with E-state index in [1.807, 2.05) is 24.3 Å². The second-order valence-corrected chi connectivity index (χ2v) is 6.16. The summed E-state index contributed by atoms with van der Waals surface area (Å²) in [5.41, 5.74) is 8.70. The van der Waals surface area contributed by atoms with Crippen LogP contribution in [-0.2, 0) is 22.6 Å².